The highest BCUT2D eigenvalue weighted by molar-refractivity contribution is 5.51. The van der Waals surface area contributed by atoms with Crippen LogP contribution in [0.4, 0.5) is 0 Å². The van der Waals surface area contributed by atoms with E-state index in [1.54, 1.807) is 24.3 Å². The van der Waals surface area contributed by atoms with Crippen LogP contribution in [-0.2, 0) is 4.79 Å². The largest absolute Gasteiger partial charge is 0.508 e. The van der Waals surface area contributed by atoms with Crippen LogP contribution >= 0.6 is 0 Å². The van der Waals surface area contributed by atoms with E-state index in [1.807, 2.05) is 36.4 Å². The Morgan fingerprint density at radius 2 is 1.47 bits per heavy atom. The number of ether oxygens (including phenoxy) is 1. The van der Waals surface area contributed by atoms with Gasteiger partial charge in [0.1, 0.15) is 18.1 Å². The molecule has 0 heterocycles. The molecule has 2 rings (SSSR count). The van der Waals surface area contributed by atoms with Crippen molar-refractivity contribution in [1.29, 1.82) is 0 Å². The van der Waals surface area contributed by atoms with Crippen LogP contribution in [0, 0.1) is 0 Å². The molecule has 0 aliphatic rings. The number of carbonyl (C=O) groups excluding carboxylic acids is 1. The number of aromatic hydroxyl groups is 1. The number of phenols is 1. The van der Waals surface area contributed by atoms with Crippen molar-refractivity contribution in [2.75, 3.05) is 6.61 Å². The third-order valence-corrected chi connectivity index (χ3v) is 1.82. The zero-order chi connectivity index (χ0) is 12.3. The molecule has 2 aromatic rings. The van der Waals surface area contributed by atoms with Crippen molar-refractivity contribution < 1.29 is 14.6 Å². The van der Waals surface area contributed by atoms with E-state index in [0.717, 1.165) is 12.0 Å². The quantitative estimate of drug-likeness (QED) is 0.824. The fourth-order valence-electron chi connectivity index (χ4n) is 1.07. The molecule has 0 unspecified atom stereocenters. The Kier molecular flexibility index (Phi) is 5.96. The van der Waals surface area contributed by atoms with E-state index in [2.05, 4.69) is 0 Å². The first-order chi connectivity index (χ1) is 8.33. The average Bonchev–Trinajstić information content (AvgIpc) is 2.39. The summed E-state index contributed by atoms with van der Waals surface area (Å²) in [5.41, 5.74) is 0. The molecule has 88 valence electrons. The second-order valence-corrected chi connectivity index (χ2v) is 3.13. The molecule has 0 aromatic heterocycles. The summed E-state index contributed by atoms with van der Waals surface area (Å²) >= 11 is 0. The third kappa shape index (κ3) is 5.99. The van der Waals surface area contributed by atoms with Gasteiger partial charge in [0, 0.05) is 0 Å². The number of hydrogen-bond donors (Lipinski definition) is 1. The molecule has 0 aliphatic heterocycles. The Balaban J connectivity index is 0.000000181. The predicted octanol–water partition coefficient (Wildman–Crippen LogP) is 2.66. The van der Waals surface area contributed by atoms with Crippen molar-refractivity contribution in [3.63, 3.8) is 0 Å². The van der Waals surface area contributed by atoms with Gasteiger partial charge in [-0.1, -0.05) is 36.4 Å². The molecule has 0 atom stereocenters. The topological polar surface area (TPSA) is 46.5 Å². The van der Waals surface area contributed by atoms with E-state index in [0.29, 0.717) is 5.75 Å². The summed E-state index contributed by atoms with van der Waals surface area (Å²) < 4.78 is 4.99. The lowest BCUT2D eigenvalue weighted by molar-refractivity contribution is -0.109. The van der Waals surface area contributed by atoms with Crippen LogP contribution in [0.2, 0.25) is 0 Å². The smallest absolute Gasteiger partial charge is 0.157 e. The van der Waals surface area contributed by atoms with Crippen LogP contribution in [0.25, 0.3) is 0 Å². The van der Waals surface area contributed by atoms with Gasteiger partial charge in [-0.15, -0.1) is 0 Å². The second kappa shape index (κ2) is 7.93. The van der Waals surface area contributed by atoms with Crippen LogP contribution in [0.15, 0.2) is 60.7 Å². The van der Waals surface area contributed by atoms with Crippen LogP contribution in [0.3, 0.4) is 0 Å². The van der Waals surface area contributed by atoms with Gasteiger partial charge < -0.3 is 9.84 Å². The fraction of sp³-hybridized carbons (Fsp3) is 0.0714. The summed E-state index contributed by atoms with van der Waals surface area (Å²) in [6.45, 7) is 0.129. The maximum atomic E-state index is 9.85. The SMILES string of the molecule is O=CCOc1ccccc1.Oc1ccccc1. The van der Waals surface area contributed by atoms with Crippen LogP contribution in [-0.4, -0.2) is 18.0 Å². The van der Waals surface area contributed by atoms with Gasteiger partial charge in [-0.05, 0) is 24.3 Å². The normalized spacial score (nSPS) is 8.71. The number of aldehydes is 1. The lowest BCUT2D eigenvalue weighted by Crippen LogP contribution is -1.96. The van der Waals surface area contributed by atoms with Gasteiger partial charge in [-0.25, -0.2) is 0 Å². The van der Waals surface area contributed by atoms with E-state index in [-0.39, 0.29) is 6.61 Å². The Bertz CT molecular complexity index is 412. The van der Waals surface area contributed by atoms with Gasteiger partial charge in [0.2, 0.25) is 0 Å². The minimum atomic E-state index is 0.129. The summed E-state index contributed by atoms with van der Waals surface area (Å²) in [5, 5.41) is 8.63. The minimum Gasteiger partial charge on any atom is -0.508 e. The first-order valence-corrected chi connectivity index (χ1v) is 5.18. The van der Waals surface area contributed by atoms with Crippen LogP contribution in [0.1, 0.15) is 0 Å². The third-order valence-electron chi connectivity index (χ3n) is 1.82. The molecule has 0 fully saturated rings. The molecule has 3 nitrogen and oxygen atoms in total. The van der Waals surface area contributed by atoms with Crippen molar-refractivity contribution in [3.05, 3.63) is 60.7 Å². The summed E-state index contributed by atoms with van der Waals surface area (Å²) in [6.07, 6.45) is 0.729. The van der Waals surface area contributed by atoms with Gasteiger partial charge in [0.25, 0.3) is 0 Å². The molecule has 0 saturated carbocycles. The molecule has 17 heavy (non-hydrogen) atoms. The van der Waals surface area contributed by atoms with Gasteiger partial charge in [-0.2, -0.15) is 0 Å². The van der Waals surface area contributed by atoms with E-state index < -0.39 is 0 Å². The monoisotopic (exact) mass is 230 g/mol. The van der Waals surface area contributed by atoms with Crippen molar-refractivity contribution in [3.8, 4) is 11.5 Å². The predicted molar refractivity (Wildman–Crippen MR) is 66.1 cm³/mol. The molecule has 3 heteroatoms. The molecular formula is C14H14O3. The Labute approximate surface area is 100 Å². The lowest BCUT2D eigenvalue weighted by Gasteiger charge is -1.98. The average molecular weight is 230 g/mol. The number of para-hydroxylation sites is 2. The molecule has 2 aromatic carbocycles. The molecule has 1 N–H and O–H groups in total. The molecule has 0 radical (unpaired) electrons. The summed E-state index contributed by atoms with van der Waals surface area (Å²) in [7, 11) is 0. The second-order valence-electron chi connectivity index (χ2n) is 3.13. The van der Waals surface area contributed by atoms with Crippen LogP contribution < -0.4 is 4.74 Å². The first-order valence-electron chi connectivity index (χ1n) is 5.18. The Morgan fingerprint density at radius 1 is 0.941 bits per heavy atom. The number of carbonyl (C=O) groups is 1. The maximum absolute atomic E-state index is 9.85. The van der Waals surface area contributed by atoms with Crippen LogP contribution in [0.5, 0.6) is 11.5 Å². The highest BCUT2D eigenvalue weighted by Crippen LogP contribution is 2.06. The van der Waals surface area contributed by atoms with Crippen molar-refractivity contribution >= 4 is 6.29 Å². The molecule has 0 amide bonds. The van der Waals surface area contributed by atoms with Crippen molar-refractivity contribution in [1.82, 2.24) is 0 Å². The number of hydrogen-bond acceptors (Lipinski definition) is 3. The summed E-state index contributed by atoms with van der Waals surface area (Å²) in [5.74, 6) is 1.05. The van der Waals surface area contributed by atoms with Gasteiger partial charge in [0.05, 0.1) is 0 Å². The molecular weight excluding hydrogens is 216 g/mol. The fourth-order valence-corrected chi connectivity index (χ4v) is 1.07. The summed E-state index contributed by atoms with van der Waals surface area (Å²) in [4.78, 5) is 9.85. The van der Waals surface area contributed by atoms with Gasteiger partial charge in [0.15, 0.2) is 6.29 Å². The van der Waals surface area contributed by atoms with Gasteiger partial charge >= 0.3 is 0 Å². The molecule has 0 spiro atoms. The highest BCUT2D eigenvalue weighted by Gasteiger charge is 1.86. The van der Waals surface area contributed by atoms with E-state index in [1.165, 1.54) is 0 Å². The van der Waals surface area contributed by atoms with E-state index >= 15 is 0 Å². The highest BCUT2D eigenvalue weighted by atomic mass is 16.5. The molecule has 0 saturated heterocycles. The zero-order valence-electron chi connectivity index (χ0n) is 9.32. The number of rotatable bonds is 3. The minimum absolute atomic E-state index is 0.129. The van der Waals surface area contributed by atoms with E-state index in [4.69, 9.17) is 9.84 Å². The molecule has 0 bridgehead atoms. The Hall–Kier alpha value is -2.29. The lowest BCUT2D eigenvalue weighted by atomic mass is 10.3. The zero-order valence-corrected chi connectivity index (χ0v) is 9.32. The standard InChI is InChI=1S/C8H8O2.C6H6O/c9-6-7-10-8-4-2-1-3-5-8;7-6-4-2-1-3-5-6/h1-6H,7H2;1-5,7H. The first kappa shape index (κ1) is 12.8. The maximum Gasteiger partial charge on any atom is 0.157 e. The van der Waals surface area contributed by atoms with E-state index in [9.17, 15) is 4.79 Å². The van der Waals surface area contributed by atoms with Gasteiger partial charge in [-0.3, -0.25) is 4.79 Å². The van der Waals surface area contributed by atoms with Crippen molar-refractivity contribution in [2.45, 2.75) is 0 Å². The Morgan fingerprint density at radius 3 is 1.88 bits per heavy atom. The van der Waals surface area contributed by atoms with Crippen molar-refractivity contribution in [2.24, 2.45) is 0 Å². The summed E-state index contributed by atoms with van der Waals surface area (Å²) in [6, 6.07) is 17.9. The molecule has 0 aliphatic carbocycles. The number of benzene rings is 2. The number of phenolic OH excluding ortho intramolecular Hbond substituents is 1.